The smallest absolute Gasteiger partial charge is 0.326 e. The maximum Gasteiger partial charge on any atom is 0.326 e. The summed E-state index contributed by atoms with van der Waals surface area (Å²) in [5.74, 6) is -0.854. The molecule has 1 aromatic carbocycles. The summed E-state index contributed by atoms with van der Waals surface area (Å²) in [6, 6.07) is 6.44. The number of carboxylic acid groups (broad SMARTS) is 1. The number of para-hydroxylation sites is 2. The number of nitrogens with zero attached hydrogens (tertiary/aromatic N) is 2. The van der Waals surface area contributed by atoms with Crippen LogP contribution in [0.2, 0.25) is 0 Å². The molecule has 126 valence electrons. The van der Waals surface area contributed by atoms with Crippen molar-refractivity contribution in [2.75, 3.05) is 0 Å². The molecular formula is C18H21N3O3. The summed E-state index contributed by atoms with van der Waals surface area (Å²) in [6.45, 7) is 0. The lowest BCUT2D eigenvalue weighted by molar-refractivity contribution is -0.141. The Morgan fingerprint density at radius 1 is 1.21 bits per heavy atom. The van der Waals surface area contributed by atoms with Gasteiger partial charge in [-0.25, -0.2) is 9.78 Å². The van der Waals surface area contributed by atoms with E-state index >= 15 is 0 Å². The zero-order valence-electron chi connectivity index (χ0n) is 13.4. The highest BCUT2D eigenvalue weighted by Crippen LogP contribution is 2.27. The van der Waals surface area contributed by atoms with Crippen molar-refractivity contribution in [2.24, 2.45) is 5.92 Å². The van der Waals surface area contributed by atoms with Gasteiger partial charge < -0.3 is 10.4 Å². The second-order valence-electron chi connectivity index (χ2n) is 6.37. The first-order valence-electron chi connectivity index (χ1n) is 8.34. The SMILES string of the molecule is O=C(CC1CCCC1)N[C@@H](Cc1cnc2ccccc2n1)C(=O)O. The van der Waals surface area contributed by atoms with Gasteiger partial charge in [0.2, 0.25) is 5.91 Å². The van der Waals surface area contributed by atoms with Gasteiger partial charge in [-0.05, 0) is 30.9 Å². The lowest BCUT2D eigenvalue weighted by atomic mass is 10.0. The van der Waals surface area contributed by atoms with Crippen LogP contribution in [0.15, 0.2) is 30.5 Å². The van der Waals surface area contributed by atoms with Gasteiger partial charge in [-0.15, -0.1) is 0 Å². The minimum Gasteiger partial charge on any atom is -0.480 e. The molecule has 3 rings (SSSR count). The molecule has 0 aliphatic heterocycles. The van der Waals surface area contributed by atoms with Gasteiger partial charge in [0, 0.05) is 19.0 Å². The van der Waals surface area contributed by atoms with Crippen molar-refractivity contribution in [1.82, 2.24) is 15.3 Å². The molecule has 0 saturated heterocycles. The van der Waals surface area contributed by atoms with Crippen LogP contribution < -0.4 is 5.32 Å². The van der Waals surface area contributed by atoms with Crippen molar-refractivity contribution in [2.45, 2.75) is 44.6 Å². The fraction of sp³-hybridized carbons (Fsp3) is 0.444. The van der Waals surface area contributed by atoms with Crippen molar-refractivity contribution in [3.05, 3.63) is 36.2 Å². The van der Waals surface area contributed by atoms with Gasteiger partial charge >= 0.3 is 5.97 Å². The number of benzene rings is 1. The molecule has 6 heteroatoms. The second kappa shape index (κ2) is 7.38. The average Bonchev–Trinajstić information content (AvgIpc) is 3.07. The molecule has 2 aromatic rings. The van der Waals surface area contributed by atoms with Gasteiger partial charge in [-0.1, -0.05) is 25.0 Å². The average molecular weight is 327 g/mol. The molecule has 0 unspecified atom stereocenters. The van der Waals surface area contributed by atoms with E-state index in [1.54, 1.807) is 6.20 Å². The van der Waals surface area contributed by atoms with Gasteiger partial charge in [-0.3, -0.25) is 9.78 Å². The Morgan fingerprint density at radius 3 is 2.62 bits per heavy atom. The Labute approximate surface area is 140 Å². The first-order valence-corrected chi connectivity index (χ1v) is 8.34. The van der Waals surface area contributed by atoms with E-state index in [0.29, 0.717) is 18.0 Å². The predicted molar refractivity (Wildman–Crippen MR) is 89.4 cm³/mol. The highest BCUT2D eigenvalue weighted by Gasteiger charge is 2.24. The van der Waals surface area contributed by atoms with E-state index in [1.807, 2.05) is 24.3 Å². The van der Waals surface area contributed by atoms with E-state index in [-0.39, 0.29) is 12.3 Å². The first-order chi connectivity index (χ1) is 11.6. The Bertz CT molecular complexity index is 741. The number of aliphatic carboxylic acids is 1. The normalized spacial score (nSPS) is 16.2. The first kappa shape index (κ1) is 16.4. The Kier molecular flexibility index (Phi) is 5.03. The van der Waals surface area contributed by atoms with Gasteiger partial charge in [0.25, 0.3) is 0 Å². The topological polar surface area (TPSA) is 92.2 Å². The molecule has 24 heavy (non-hydrogen) atoms. The van der Waals surface area contributed by atoms with Crippen LogP contribution in [-0.4, -0.2) is 33.0 Å². The number of fused-ring (bicyclic) bond motifs is 1. The molecule has 6 nitrogen and oxygen atoms in total. The molecule has 0 bridgehead atoms. The Morgan fingerprint density at radius 2 is 1.92 bits per heavy atom. The summed E-state index contributed by atoms with van der Waals surface area (Å²) in [4.78, 5) is 32.3. The third kappa shape index (κ3) is 4.07. The maximum atomic E-state index is 12.1. The number of nitrogens with one attached hydrogen (secondary N) is 1. The predicted octanol–water partition coefficient (Wildman–Crippen LogP) is 2.32. The number of hydrogen-bond acceptors (Lipinski definition) is 4. The molecule has 1 amide bonds. The van der Waals surface area contributed by atoms with Gasteiger partial charge in [0.15, 0.2) is 0 Å². The van der Waals surface area contributed by atoms with Crippen molar-refractivity contribution >= 4 is 22.9 Å². The van der Waals surface area contributed by atoms with Crippen LogP contribution in [0.4, 0.5) is 0 Å². The monoisotopic (exact) mass is 327 g/mol. The quantitative estimate of drug-likeness (QED) is 0.849. The summed E-state index contributed by atoms with van der Waals surface area (Å²) in [7, 11) is 0. The molecular weight excluding hydrogens is 306 g/mol. The van der Waals surface area contributed by atoms with E-state index in [4.69, 9.17) is 0 Å². The fourth-order valence-electron chi connectivity index (χ4n) is 3.23. The lowest BCUT2D eigenvalue weighted by Crippen LogP contribution is -2.43. The van der Waals surface area contributed by atoms with E-state index in [2.05, 4.69) is 15.3 Å². The molecule has 1 atom stereocenters. The maximum absolute atomic E-state index is 12.1. The van der Waals surface area contributed by atoms with E-state index in [9.17, 15) is 14.7 Å². The summed E-state index contributed by atoms with van der Waals surface area (Å²) in [5, 5.41) is 12.0. The number of carboxylic acids is 1. The number of carbonyl (C=O) groups is 2. The number of aromatic nitrogens is 2. The van der Waals surface area contributed by atoms with E-state index in [1.165, 1.54) is 0 Å². The molecule has 1 aromatic heterocycles. The van der Waals surface area contributed by atoms with E-state index < -0.39 is 12.0 Å². The highest BCUT2D eigenvalue weighted by atomic mass is 16.4. The van der Waals surface area contributed by atoms with Crippen molar-refractivity contribution in [3.63, 3.8) is 0 Å². The largest absolute Gasteiger partial charge is 0.480 e. The molecule has 1 heterocycles. The number of hydrogen-bond donors (Lipinski definition) is 2. The molecule has 0 radical (unpaired) electrons. The fourth-order valence-corrected chi connectivity index (χ4v) is 3.23. The standard InChI is InChI=1S/C18H21N3O3/c22-17(9-12-5-1-2-6-12)21-16(18(23)24)10-13-11-19-14-7-3-4-8-15(14)20-13/h3-4,7-8,11-12,16H,1-2,5-6,9-10H2,(H,21,22)(H,23,24)/t16-/m0/s1. The van der Waals surface area contributed by atoms with Crippen molar-refractivity contribution in [1.29, 1.82) is 0 Å². The van der Waals surface area contributed by atoms with Crippen molar-refractivity contribution < 1.29 is 14.7 Å². The minimum absolute atomic E-state index is 0.129. The third-order valence-electron chi connectivity index (χ3n) is 4.49. The molecule has 1 fully saturated rings. The molecule has 1 aliphatic carbocycles. The zero-order valence-corrected chi connectivity index (χ0v) is 13.4. The second-order valence-corrected chi connectivity index (χ2v) is 6.37. The highest BCUT2D eigenvalue weighted by molar-refractivity contribution is 5.84. The summed E-state index contributed by atoms with van der Waals surface area (Å²) in [5.41, 5.74) is 2.04. The Hall–Kier alpha value is -2.50. The van der Waals surface area contributed by atoms with Crippen LogP contribution in [0, 0.1) is 5.92 Å². The third-order valence-corrected chi connectivity index (χ3v) is 4.49. The number of amides is 1. The number of rotatable bonds is 6. The van der Waals surface area contributed by atoms with Gasteiger partial charge in [0.05, 0.1) is 16.7 Å². The van der Waals surface area contributed by atoms with Crippen LogP contribution in [0.25, 0.3) is 11.0 Å². The van der Waals surface area contributed by atoms with E-state index in [0.717, 1.165) is 36.7 Å². The van der Waals surface area contributed by atoms with Crippen LogP contribution in [-0.2, 0) is 16.0 Å². The van der Waals surface area contributed by atoms with Crippen LogP contribution >= 0.6 is 0 Å². The Balaban J connectivity index is 1.66. The number of carbonyl (C=O) groups excluding carboxylic acids is 1. The molecule has 0 spiro atoms. The minimum atomic E-state index is -1.05. The van der Waals surface area contributed by atoms with Gasteiger partial charge in [-0.2, -0.15) is 0 Å². The summed E-state index contributed by atoms with van der Waals surface area (Å²) >= 11 is 0. The van der Waals surface area contributed by atoms with Crippen LogP contribution in [0.1, 0.15) is 37.8 Å². The van der Waals surface area contributed by atoms with Crippen LogP contribution in [0.3, 0.4) is 0 Å². The van der Waals surface area contributed by atoms with Crippen LogP contribution in [0.5, 0.6) is 0 Å². The summed E-state index contributed by atoms with van der Waals surface area (Å²) in [6.07, 6.45) is 6.54. The molecule has 1 saturated carbocycles. The summed E-state index contributed by atoms with van der Waals surface area (Å²) < 4.78 is 0. The van der Waals surface area contributed by atoms with Crippen molar-refractivity contribution in [3.8, 4) is 0 Å². The van der Waals surface area contributed by atoms with Gasteiger partial charge in [0.1, 0.15) is 6.04 Å². The lowest BCUT2D eigenvalue weighted by Gasteiger charge is -2.16. The zero-order chi connectivity index (χ0) is 16.9. The molecule has 1 aliphatic rings. The molecule has 2 N–H and O–H groups in total.